The lowest BCUT2D eigenvalue weighted by atomic mass is 10.1. The highest BCUT2D eigenvalue weighted by atomic mass is 16.3. The molecule has 3 N–H and O–H groups in total. The first-order chi connectivity index (χ1) is 8.13. The second-order valence-electron chi connectivity index (χ2n) is 4.61. The van der Waals surface area contributed by atoms with Crippen LogP contribution in [0.5, 0.6) is 0 Å². The van der Waals surface area contributed by atoms with Crippen LogP contribution in [-0.4, -0.2) is 41.7 Å². The molecule has 0 aliphatic carbocycles. The van der Waals surface area contributed by atoms with E-state index in [1.54, 1.807) is 11.8 Å². The molecule has 0 aliphatic heterocycles. The second kappa shape index (κ2) is 10.5. The minimum Gasteiger partial charge on any atom is -0.396 e. The quantitative estimate of drug-likeness (QED) is 0.573. The molecule has 17 heavy (non-hydrogen) atoms. The molecule has 0 spiro atoms. The Hall–Kier alpha value is -0.610. The zero-order valence-corrected chi connectivity index (χ0v) is 11.3. The van der Waals surface area contributed by atoms with Gasteiger partial charge in [0.2, 0.25) is 5.91 Å². The van der Waals surface area contributed by atoms with Gasteiger partial charge in [-0.05, 0) is 19.8 Å². The van der Waals surface area contributed by atoms with Crippen LogP contribution < -0.4 is 5.73 Å². The van der Waals surface area contributed by atoms with E-state index < -0.39 is 6.04 Å². The van der Waals surface area contributed by atoms with Crippen molar-refractivity contribution in [1.29, 1.82) is 0 Å². The van der Waals surface area contributed by atoms with E-state index in [9.17, 15) is 4.79 Å². The Balaban J connectivity index is 3.89. The van der Waals surface area contributed by atoms with Gasteiger partial charge in [-0.1, -0.05) is 32.6 Å². The van der Waals surface area contributed by atoms with Crippen LogP contribution in [0.1, 0.15) is 52.4 Å². The molecule has 1 atom stereocenters. The third-order valence-electron chi connectivity index (χ3n) is 2.82. The Kier molecular flexibility index (Phi) is 10.2. The molecular formula is C13H28N2O2. The molecule has 0 saturated carbocycles. The molecule has 0 aromatic heterocycles. The van der Waals surface area contributed by atoms with Gasteiger partial charge in [0, 0.05) is 19.7 Å². The smallest absolute Gasteiger partial charge is 0.239 e. The number of hydrogen-bond acceptors (Lipinski definition) is 3. The fraction of sp³-hybridized carbons (Fsp3) is 0.923. The summed E-state index contributed by atoms with van der Waals surface area (Å²) in [6.07, 6.45) is 6.55. The van der Waals surface area contributed by atoms with Crippen molar-refractivity contribution in [3.8, 4) is 0 Å². The minimum atomic E-state index is -0.440. The molecule has 4 heteroatoms. The predicted molar refractivity (Wildman–Crippen MR) is 70.7 cm³/mol. The molecule has 0 aliphatic rings. The van der Waals surface area contributed by atoms with Crippen LogP contribution >= 0.6 is 0 Å². The number of rotatable bonds is 10. The van der Waals surface area contributed by atoms with Crippen molar-refractivity contribution < 1.29 is 9.90 Å². The lowest BCUT2D eigenvalue weighted by Crippen LogP contribution is -2.43. The molecular weight excluding hydrogens is 216 g/mol. The van der Waals surface area contributed by atoms with E-state index in [-0.39, 0.29) is 12.5 Å². The first-order valence-corrected chi connectivity index (χ1v) is 6.78. The van der Waals surface area contributed by atoms with E-state index in [1.807, 2.05) is 0 Å². The Morgan fingerprint density at radius 1 is 1.18 bits per heavy atom. The van der Waals surface area contributed by atoms with Crippen LogP contribution in [0.25, 0.3) is 0 Å². The van der Waals surface area contributed by atoms with E-state index in [1.165, 1.54) is 19.3 Å². The van der Waals surface area contributed by atoms with Crippen molar-refractivity contribution in [2.24, 2.45) is 5.73 Å². The summed E-state index contributed by atoms with van der Waals surface area (Å²) >= 11 is 0. The molecule has 0 aromatic carbocycles. The molecule has 4 nitrogen and oxygen atoms in total. The maximum atomic E-state index is 11.8. The summed E-state index contributed by atoms with van der Waals surface area (Å²) in [7, 11) is 0. The molecule has 0 unspecified atom stereocenters. The molecule has 0 saturated heterocycles. The van der Waals surface area contributed by atoms with Crippen molar-refractivity contribution >= 4 is 5.91 Å². The van der Waals surface area contributed by atoms with Crippen LogP contribution in [0, 0.1) is 0 Å². The third-order valence-corrected chi connectivity index (χ3v) is 2.82. The number of amides is 1. The van der Waals surface area contributed by atoms with Gasteiger partial charge in [0.05, 0.1) is 6.04 Å². The summed E-state index contributed by atoms with van der Waals surface area (Å²) in [5.74, 6) is -0.00561. The minimum absolute atomic E-state index is 0.00561. The SMILES string of the molecule is CCCCCCCN(CCCO)C(=O)[C@@H](C)N. The van der Waals surface area contributed by atoms with Crippen molar-refractivity contribution in [3.05, 3.63) is 0 Å². The standard InChI is InChI=1S/C13H28N2O2/c1-3-4-5-6-7-9-15(10-8-11-16)13(17)12(2)14/h12,16H,3-11,14H2,1-2H3/t12-/m1/s1. The molecule has 1 amide bonds. The maximum Gasteiger partial charge on any atom is 0.239 e. The van der Waals surface area contributed by atoms with Crippen molar-refractivity contribution in [1.82, 2.24) is 4.90 Å². The number of unbranched alkanes of at least 4 members (excludes halogenated alkanes) is 4. The molecule has 102 valence electrons. The lowest BCUT2D eigenvalue weighted by molar-refractivity contribution is -0.132. The Bertz CT molecular complexity index is 196. The highest BCUT2D eigenvalue weighted by Gasteiger charge is 2.16. The van der Waals surface area contributed by atoms with Crippen molar-refractivity contribution in [2.75, 3.05) is 19.7 Å². The van der Waals surface area contributed by atoms with Gasteiger partial charge in [0.1, 0.15) is 0 Å². The number of aliphatic hydroxyl groups is 1. The Morgan fingerprint density at radius 3 is 2.29 bits per heavy atom. The van der Waals surface area contributed by atoms with Crippen LogP contribution in [0.15, 0.2) is 0 Å². The summed E-state index contributed by atoms with van der Waals surface area (Å²) in [5, 5.41) is 8.81. The lowest BCUT2D eigenvalue weighted by Gasteiger charge is -2.24. The average molecular weight is 244 g/mol. The van der Waals surface area contributed by atoms with E-state index in [0.717, 1.165) is 19.4 Å². The number of carbonyl (C=O) groups is 1. The Labute approximate surface area is 105 Å². The summed E-state index contributed by atoms with van der Waals surface area (Å²) in [5.41, 5.74) is 5.61. The van der Waals surface area contributed by atoms with Crippen LogP contribution in [0.2, 0.25) is 0 Å². The van der Waals surface area contributed by atoms with Crippen LogP contribution in [-0.2, 0) is 4.79 Å². The molecule has 0 fully saturated rings. The van der Waals surface area contributed by atoms with Crippen LogP contribution in [0.4, 0.5) is 0 Å². The van der Waals surface area contributed by atoms with E-state index in [0.29, 0.717) is 13.0 Å². The average Bonchev–Trinajstić information content (AvgIpc) is 2.31. The number of carbonyl (C=O) groups excluding carboxylic acids is 1. The first kappa shape index (κ1) is 16.4. The van der Waals surface area contributed by atoms with Gasteiger partial charge in [-0.2, -0.15) is 0 Å². The summed E-state index contributed by atoms with van der Waals surface area (Å²) in [6.45, 7) is 5.41. The largest absolute Gasteiger partial charge is 0.396 e. The zero-order chi connectivity index (χ0) is 13.1. The fourth-order valence-corrected chi connectivity index (χ4v) is 1.79. The number of nitrogens with zero attached hydrogens (tertiary/aromatic N) is 1. The zero-order valence-electron chi connectivity index (χ0n) is 11.3. The van der Waals surface area contributed by atoms with Gasteiger partial charge in [-0.15, -0.1) is 0 Å². The van der Waals surface area contributed by atoms with E-state index in [2.05, 4.69) is 6.92 Å². The summed E-state index contributed by atoms with van der Waals surface area (Å²) in [6, 6.07) is -0.440. The van der Waals surface area contributed by atoms with Gasteiger partial charge in [-0.3, -0.25) is 4.79 Å². The maximum absolute atomic E-state index is 11.8. The van der Waals surface area contributed by atoms with Gasteiger partial charge in [0.25, 0.3) is 0 Å². The highest BCUT2D eigenvalue weighted by Crippen LogP contribution is 2.05. The van der Waals surface area contributed by atoms with E-state index >= 15 is 0 Å². The topological polar surface area (TPSA) is 66.6 Å². The number of aliphatic hydroxyl groups excluding tert-OH is 1. The summed E-state index contributed by atoms with van der Waals surface area (Å²) in [4.78, 5) is 13.6. The Morgan fingerprint density at radius 2 is 1.76 bits per heavy atom. The molecule has 0 radical (unpaired) electrons. The molecule has 0 rings (SSSR count). The predicted octanol–water partition coefficient (Wildman–Crippen LogP) is 1.51. The van der Waals surface area contributed by atoms with Gasteiger partial charge in [0.15, 0.2) is 0 Å². The molecule has 0 bridgehead atoms. The van der Waals surface area contributed by atoms with E-state index in [4.69, 9.17) is 10.8 Å². The third kappa shape index (κ3) is 8.16. The van der Waals surface area contributed by atoms with Gasteiger partial charge in [-0.25, -0.2) is 0 Å². The summed E-state index contributed by atoms with van der Waals surface area (Å²) < 4.78 is 0. The normalized spacial score (nSPS) is 12.5. The first-order valence-electron chi connectivity index (χ1n) is 6.78. The molecule has 0 aromatic rings. The van der Waals surface area contributed by atoms with Crippen LogP contribution in [0.3, 0.4) is 0 Å². The van der Waals surface area contributed by atoms with Crippen molar-refractivity contribution in [3.63, 3.8) is 0 Å². The highest BCUT2D eigenvalue weighted by molar-refractivity contribution is 5.81. The molecule has 0 heterocycles. The van der Waals surface area contributed by atoms with Gasteiger partial charge < -0.3 is 15.7 Å². The van der Waals surface area contributed by atoms with Crippen molar-refractivity contribution in [2.45, 2.75) is 58.4 Å². The monoisotopic (exact) mass is 244 g/mol. The fourth-order valence-electron chi connectivity index (χ4n) is 1.79. The number of hydrogen-bond donors (Lipinski definition) is 2. The second-order valence-corrected chi connectivity index (χ2v) is 4.61. The van der Waals surface area contributed by atoms with Gasteiger partial charge >= 0.3 is 0 Å². The number of nitrogens with two attached hydrogens (primary N) is 1.